The average Bonchev–Trinajstić information content (AvgIpc) is 2.26. The van der Waals surface area contributed by atoms with Crippen LogP contribution in [0.25, 0.3) is 0 Å². The van der Waals surface area contributed by atoms with E-state index < -0.39 is 5.60 Å². The summed E-state index contributed by atoms with van der Waals surface area (Å²) in [6.07, 6.45) is 1.02. The van der Waals surface area contributed by atoms with Gasteiger partial charge in [-0.2, -0.15) is 0 Å². The lowest BCUT2D eigenvalue weighted by molar-refractivity contribution is 0.0238. The quantitative estimate of drug-likeness (QED) is 0.916. The van der Waals surface area contributed by atoms with E-state index in [2.05, 4.69) is 4.98 Å². The Hall–Kier alpha value is -1.98. The van der Waals surface area contributed by atoms with Crippen LogP contribution < -0.4 is 10.5 Å². The monoisotopic (exact) mass is 281 g/mol. The fourth-order valence-electron chi connectivity index (χ4n) is 1.57. The zero-order valence-corrected chi connectivity index (χ0v) is 12.7. The van der Waals surface area contributed by atoms with Crippen LogP contribution in [0.1, 0.15) is 27.7 Å². The van der Waals surface area contributed by atoms with Crippen molar-refractivity contribution in [2.24, 2.45) is 0 Å². The minimum absolute atomic E-state index is 0.186. The summed E-state index contributed by atoms with van der Waals surface area (Å²) in [4.78, 5) is 17.2. The first-order valence-corrected chi connectivity index (χ1v) is 6.49. The molecule has 1 amide bonds. The Kier molecular flexibility index (Phi) is 5.19. The van der Waals surface area contributed by atoms with Crippen LogP contribution in [0.15, 0.2) is 18.3 Å². The molecule has 0 radical (unpaired) electrons. The number of pyridine rings is 1. The molecule has 1 aromatic rings. The predicted octanol–water partition coefficient (Wildman–Crippen LogP) is 2.30. The van der Waals surface area contributed by atoms with Crippen LogP contribution in [0.4, 0.5) is 10.6 Å². The SMILES string of the molecule is CC(CN(C)C(=O)OC(C)(C)C)Oc1ccnc(N)c1. The molecule has 6 nitrogen and oxygen atoms in total. The van der Waals surface area contributed by atoms with Crippen molar-refractivity contribution in [3.8, 4) is 5.75 Å². The highest BCUT2D eigenvalue weighted by Crippen LogP contribution is 2.15. The van der Waals surface area contributed by atoms with E-state index in [1.54, 1.807) is 25.4 Å². The largest absolute Gasteiger partial charge is 0.489 e. The Morgan fingerprint density at radius 1 is 1.50 bits per heavy atom. The number of nitrogen functional groups attached to an aromatic ring is 1. The van der Waals surface area contributed by atoms with Crippen LogP contribution in [-0.2, 0) is 4.74 Å². The van der Waals surface area contributed by atoms with E-state index in [1.165, 1.54) is 4.90 Å². The van der Waals surface area contributed by atoms with E-state index in [4.69, 9.17) is 15.2 Å². The van der Waals surface area contributed by atoms with Gasteiger partial charge in [0.2, 0.25) is 0 Å². The van der Waals surface area contributed by atoms with Crippen LogP contribution in [0.3, 0.4) is 0 Å². The summed E-state index contributed by atoms with van der Waals surface area (Å²) in [5.41, 5.74) is 5.07. The van der Waals surface area contributed by atoms with Crippen LogP contribution in [0.5, 0.6) is 5.75 Å². The normalized spacial score (nSPS) is 12.7. The van der Waals surface area contributed by atoms with Crippen LogP contribution >= 0.6 is 0 Å². The standard InChI is InChI=1S/C14H23N3O3/c1-10(19-11-6-7-16-12(15)8-11)9-17(5)13(18)20-14(2,3)4/h6-8,10H,9H2,1-5H3,(H2,15,16). The zero-order valence-electron chi connectivity index (χ0n) is 12.7. The summed E-state index contributed by atoms with van der Waals surface area (Å²) in [5, 5.41) is 0. The van der Waals surface area contributed by atoms with Gasteiger partial charge in [0.05, 0.1) is 6.54 Å². The molecule has 2 N–H and O–H groups in total. The van der Waals surface area contributed by atoms with E-state index in [0.29, 0.717) is 18.1 Å². The van der Waals surface area contributed by atoms with Gasteiger partial charge in [-0.3, -0.25) is 0 Å². The third-order valence-corrected chi connectivity index (χ3v) is 2.33. The first-order chi connectivity index (χ1) is 9.17. The van der Waals surface area contributed by atoms with Gasteiger partial charge in [-0.25, -0.2) is 9.78 Å². The van der Waals surface area contributed by atoms with Gasteiger partial charge in [-0.15, -0.1) is 0 Å². The topological polar surface area (TPSA) is 77.7 Å². The fourth-order valence-corrected chi connectivity index (χ4v) is 1.57. The summed E-state index contributed by atoms with van der Waals surface area (Å²) in [6, 6.07) is 3.37. The number of likely N-dealkylation sites (N-methyl/N-ethyl adjacent to an activating group) is 1. The number of rotatable bonds is 4. The first kappa shape index (κ1) is 16.1. The number of nitrogens with zero attached hydrogens (tertiary/aromatic N) is 2. The van der Waals surface area contributed by atoms with Gasteiger partial charge < -0.3 is 20.1 Å². The Morgan fingerprint density at radius 3 is 2.70 bits per heavy atom. The molecule has 20 heavy (non-hydrogen) atoms. The summed E-state index contributed by atoms with van der Waals surface area (Å²) in [7, 11) is 1.68. The second-order valence-corrected chi connectivity index (χ2v) is 5.71. The molecule has 1 heterocycles. The summed E-state index contributed by atoms with van der Waals surface area (Å²) >= 11 is 0. The van der Waals surface area contributed by atoms with Gasteiger partial charge in [0.1, 0.15) is 23.3 Å². The molecule has 0 bridgehead atoms. The van der Waals surface area contributed by atoms with Crippen molar-refractivity contribution in [2.45, 2.75) is 39.4 Å². The van der Waals surface area contributed by atoms with E-state index in [-0.39, 0.29) is 12.2 Å². The molecule has 1 aromatic heterocycles. The Morgan fingerprint density at radius 2 is 2.15 bits per heavy atom. The minimum Gasteiger partial charge on any atom is -0.489 e. The number of hydrogen-bond acceptors (Lipinski definition) is 5. The van der Waals surface area contributed by atoms with Crippen molar-refractivity contribution in [3.63, 3.8) is 0 Å². The second kappa shape index (κ2) is 6.45. The summed E-state index contributed by atoms with van der Waals surface area (Å²) < 4.78 is 10.9. The number of hydrogen-bond donors (Lipinski definition) is 1. The molecule has 0 aliphatic heterocycles. The molecule has 0 saturated heterocycles. The predicted molar refractivity (Wildman–Crippen MR) is 77.6 cm³/mol. The Bertz CT molecular complexity index is 457. The van der Waals surface area contributed by atoms with Gasteiger partial charge in [0.15, 0.2) is 0 Å². The molecule has 0 aromatic carbocycles. The molecule has 0 fully saturated rings. The third-order valence-electron chi connectivity index (χ3n) is 2.33. The Labute approximate surface area is 119 Å². The molecular weight excluding hydrogens is 258 g/mol. The van der Waals surface area contributed by atoms with E-state index in [0.717, 1.165) is 0 Å². The molecule has 112 valence electrons. The van der Waals surface area contributed by atoms with E-state index in [9.17, 15) is 4.79 Å². The van der Waals surface area contributed by atoms with Crippen molar-refractivity contribution >= 4 is 11.9 Å². The molecule has 1 unspecified atom stereocenters. The second-order valence-electron chi connectivity index (χ2n) is 5.71. The number of aromatic nitrogens is 1. The number of anilines is 1. The van der Waals surface area contributed by atoms with Gasteiger partial charge >= 0.3 is 6.09 Å². The molecular formula is C14H23N3O3. The molecule has 1 rings (SSSR count). The lowest BCUT2D eigenvalue weighted by Crippen LogP contribution is -2.39. The number of carbonyl (C=O) groups excluding carboxylic acids is 1. The van der Waals surface area contributed by atoms with Crippen LogP contribution in [0, 0.1) is 0 Å². The Balaban J connectivity index is 2.49. The molecule has 0 aliphatic rings. The van der Waals surface area contributed by atoms with Crippen LogP contribution in [0.2, 0.25) is 0 Å². The van der Waals surface area contributed by atoms with E-state index >= 15 is 0 Å². The maximum atomic E-state index is 11.8. The summed E-state index contributed by atoms with van der Waals surface area (Å²) in [6.45, 7) is 7.78. The molecule has 0 aliphatic carbocycles. The van der Waals surface area contributed by atoms with Gasteiger partial charge in [-0.05, 0) is 33.8 Å². The third kappa shape index (κ3) is 5.77. The zero-order chi connectivity index (χ0) is 15.3. The number of nitrogens with two attached hydrogens (primary N) is 1. The number of carbonyl (C=O) groups is 1. The maximum absolute atomic E-state index is 11.8. The maximum Gasteiger partial charge on any atom is 0.410 e. The van der Waals surface area contributed by atoms with Crippen molar-refractivity contribution in [1.82, 2.24) is 9.88 Å². The molecule has 0 spiro atoms. The minimum atomic E-state index is -0.505. The van der Waals surface area contributed by atoms with Crippen LogP contribution in [-0.4, -0.2) is 41.3 Å². The smallest absolute Gasteiger partial charge is 0.410 e. The molecule has 6 heteroatoms. The summed E-state index contributed by atoms with van der Waals surface area (Å²) in [5.74, 6) is 1.03. The highest BCUT2D eigenvalue weighted by molar-refractivity contribution is 5.67. The highest BCUT2D eigenvalue weighted by Gasteiger charge is 2.21. The molecule has 1 atom stereocenters. The molecule has 0 saturated carbocycles. The van der Waals surface area contributed by atoms with Gasteiger partial charge in [0, 0.05) is 19.3 Å². The lowest BCUT2D eigenvalue weighted by atomic mass is 10.2. The van der Waals surface area contributed by atoms with Crippen molar-refractivity contribution < 1.29 is 14.3 Å². The fraction of sp³-hybridized carbons (Fsp3) is 0.571. The van der Waals surface area contributed by atoms with Crippen molar-refractivity contribution in [2.75, 3.05) is 19.3 Å². The number of amides is 1. The highest BCUT2D eigenvalue weighted by atomic mass is 16.6. The average molecular weight is 281 g/mol. The van der Waals surface area contributed by atoms with E-state index in [1.807, 2.05) is 27.7 Å². The van der Waals surface area contributed by atoms with Gasteiger partial charge in [-0.1, -0.05) is 0 Å². The first-order valence-electron chi connectivity index (χ1n) is 6.49. The van der Waals surface area contributed by atoms with Crippen molar-refractivity contribution in [3.05, 3.63) is 18.3 Å². The lowest BCUT2D eigenvalue weighted by Gasteiger charge is -2.26. The van der Waals surface area contributed by atoms with Gasteiger partial charge in [0.25, 0.3) is 0 Å². The number of ether oxygens (including phenoxy) is 2. The van der Waals surface area contributed by atoms with Crippen molar-refractivity contribution in [1.29, 1.82) is 0 Å².